The van der Waals surface area contributed by atoms with E-state index in [0.29, 0.717) is 12.5 Å². The van der Waals surface area contributed by atoms with E-state index in [4.69, 9.17) is 10.5 Å². The Bertz CT molecular complexity index is 260. The number of hydrogen-bond donors (Lipinski definition) is 2. The molecular formula is C8H18N2O3S. The summed E-state index contributed by atoms with van der Waals surface area (Å²) in [4.78, 5) is 0. The lowest BCUT2D eigenvalue weighted by atomic mass is 9.81. The molecule has 1 saturated carbocycles. The van der Waals surface area contributed by atoms with E-state index < -0.39 is 10.0 Å². The van der Waals surface area contributed by atoms with Gasteiger partial charge in [-0.25, -0.2) is 13.1 Å². The first kappa shape index (κ1) is 11.9. The predicted molar refractivity (Wildman–Crippen MR) is 54.4 cm³/mol. The molecule has 14 heavy (non-hydrogen) atoms. The van der Waals surface area contributed by atoms with Gasteiger partial charge in [-0.1, -0.05) is 0 Å². The van der Waals surface area contributed by atoms with Crippen LogP contribution in [0.25, 0.3) is 0 Å². The largest absolute Gasteiger partial charge is 0.384 e. The van der Waals surface area contributed by atoms with Crippen LogP contribution in [0.5, 0.6) is 0 Å². The molecule has 0 heterocycles. The van der Waals surface area contributed by atoms with Gasteiger partial charge in [0.05, 0.1) is 12.4 Å². The molecule has 0 aromatic rings. The average Bonchev–Trinajstić information content (AvgIpc) is 2.07. The van der Waals surface area contributed by atoms with Crippen molar-refractivity contribution in [3.8, 4) is 0 Å². The highest BCUT2D eigenvalue weighted by molar-refractivity contribution is 7.89. The van der Waals surface area contributed by atoms with E-state index >= 15 is 0 Å². The molecule has 0 amide bonds. The Morgan fingerprint density at radius 2 is 2.14 bits per heavy atom. The standard InChI is InChI=1S/C8H18N2O3S/c1-13-2-3-14(11,12)10-6-7-4-8(9)5-7/h7-8,10H,2-6,9H2,1H3. The third-order valence-electron chi connectivity index (χ3n) is 2.42. The second kappa shape index (κ2) is 5.06. The summed E-state index contributed by atoms with van der Waals surface area (Å²) in [6, 6.07) is 0.267. The monoisotopic (exact) mass is 222 g/mol. The molecular weight excluding hydrogens is 204 g/mol. The Morgan fingerprint density at radius 3 is 2.64 bits per heavy atom. The molecule has 0 radical (unpaired) electrons. The normalized spacial score (nSPS) is 27.3. The van der Waals surface area contributed by atoms with Crippen LogP contribution in [0, 0.1) is 5.92 Å². The van der Waals surface area contributed by atoms with Crippen LogP contribution in [0.1, 0.15) is 12.8 Å². The number of sulfonamides is 1. The molecule has 6 heteroatoms. The Morgan fingerprint density at radius 1 is 1.50 bits per heavy atom. The molecule has 1 aliphatic rings. The molecule has 0 atom stereocenters. The number of ether oxygens (including phenoxy) is 1. The first-order valence-electron chi connectivity index (χ1n) is 4.75. The lowest BCUT2D eigenvalue weighted by molar-refractivity contribution is 0.216. The lowest BCUT2D eigenvalue weighted by Gasteiger charge is -2.32. The number of rotatable bonds is 6. The van der Waals surface area contributed by atoms with Crippen molar-refractivity contribution >= 4 is 10.0 Å². The van der Waals surface area contributed by atoms with Crippen molar-refractivity contribution < 1.29 is 13.2 Å². The summed E-state index contributed by atoms with van der Waals surface area (Å²) in [5, 5.41) is 0. The van der Waals surface area contributed by atoms with Crippen molar-refractivity contribution in [1.82, 2.24) is 4.72 Å². The summed E-state index contributed by atoms with van der Waals surface area (Å²) >= 11 is 0. The maximum Gasteiger partial charge on any atom is 0.213 e. The smallest absolute Gasteiger partial charge is 0.213 e. The van der Waals surface area contributed by atoms with Crippen molar-refractivity contribution in [1.29, 1.82) is 0 Å². The quantitative estimate of drug-likeness (QED) is 0.622. The van der Waals surface area contributed by atoms with Gasteiger partial charge in [-0.15, -0.1) is 0 Å². The maximum absolute atomic E-state index is 11.3. The molecule has 0 aromatic carbocycles. The maximum atomic E-state index is 11.3. The van der Waals surface area contributed by atoms with Crippen molar-refractivity contribution in [2.24, 2.45) is 11.7 Å². The minimum absolute atomic E-state index is 0.0300. The zero-order valence-corrected chi connectivity index (χ0v) is 9.22. The lowest BCUT2D eigenvalue weighted by Crippen LogP contribution is -2.43. The second-order valence-electron chi connectivity index (χ2n) is 3.76. The first-order chi connectivity index (χ1) is 6.53. The van der Waals surface area contributed by atoms with Gasteiger partial charge in [0, 0.05) is 19.7 Å². The zero-order valence-electron chi connectivity index (χ0n) is 8.40. The van der Waals surface area contributed by atoms with Crippen LogP contribution >= 0.6 is 0 Å². The van der Waals surface area contributed by atoms with Crippen LogP contribution in [-0.4, -0.2) is 40.5 Å². The summed E-state index contributed by atoms with van der Waals surface area (Å²) < 4.78 is 29.8. The first-order valence-corrected chi connectivity index (χ1v) is 6.40. The molecule has 1 fully saturated rings. The predicted octanol–water partition coefficient (Wildman–Crippen LogP) is -0.710. The highest BCUT2D eigenvalue weighted by Crippen LogP contribution is 2.24. The molecule has 0 spiro atoms. The van der Waals surface area contributed by atoms with Gasteiger partial charge in [0.1, 0.15) is 0 Å². The van der Waals surface area contributed by atoms with Crippen LogP contribution in [-0.2, 0) is 14.8 Å². The third kappa shape index (κ3) is 3.91. The molecule has 0 bridgehead atoms. The van der Waals surface area contributed by atoms with E-state index in [1.54, 1.807) is 0 Å². The molecule has 0 aromatic heterocycles. The second-order valence-corrected chi connectivity index (χ2v) is 5.68. The van der Waals surface area contributed by atoms with Crippen molar-refractivity contribution in [2.45, 2.75) is 18.9 Å². The van der Waals surface area contributed by atoms with Gasteiger partial charge in [-0.3, -0.25) is 0 Å². The van der Waals surface area contributed by atoms with Crippen LogP contribution in [0.2, 0.25) is 0 Å². The number of nitrogens with one attached hydrogen (secondary N) is 1. The molecule has 3 N–H and O–H groups in total. The molecule has 1 aliphatic carbocycles. The van der Waals surface area contributed by atoms with Crippen molar-refractivity contribution in [2.75, 3.05) is 26.0 Å². The van der Waals surface area contributed by atoms with E-state index in [9.17, 15) is 8.42 Å². The molecule has 84 valence electrons. The fourth-order valence-electron chi connectivity index (χ4n) is 1.46. The number of methoxy groups -OCH3 is 1. The Balaban J connectivity index is 2.16. The van der Waals surface area contributed by atoms with E-state index in [2.05, 4.69) is 4.72 Å². The van der Waals surface area contributed by atoms with Gasteiger partial charge < -0.3 is 10.5 Å². The van der Waals surface area contributed by atoms with Crippen LogP contribution in [0.15, 0.2) is 0 Å². The van der Waals surface area contributed by atoms with Gasteiger partial charge in [-0.2, -0.15) is 0 Å². The van der Waals surface area contributed by atoms with Gasteiger partial charge in [0.2, 0.25) is 10.0 Å². The third-order valence-corrected chi connectivity index (χ3v) is 3.73. The van der Waals surface area contributed by atoms with Gasteiger partial charge in [0.15, 0.2) is 0 Å². The Labute approximate surface area is 85.1 Å². The average molecular weight is 222 g/mol. The van der Waals surface area contributed by atoms with Crippen molar-refractivity contribution in [3.63, 3.8) is 0 Å². The summed E-state index contributed by atoms with van der Waals surface area (Å²) in [5.41, 5.74) is 5.59. The summed E-state index contributed by atoms with van der Waals surface area (Å²) in [6.07, 6.45) is 1.85. The summed E-state index contributed by atoms with van der Waals surface area (Å²) in [7, 11) is -1.66. The van der Waals surface area contributed by atoms with Gasteiger partial charge in [0.25, 0.3) is 0 Å². The highest BCUT2D eigenvalue weighted by atomic mass is 32.2. The fourth-order valence-corrected chi connectivity index (χ4v) is 2.48. The Hall–Kier alpha value is -0.170. The van der Waals surface area contributed by atoms with E-state index in [1.807, 2.05) is 0 Å². The SMILES string of the molecule is COCCS(=O)(=O)NCC1CC(N)C1. The van der Waals surface area contributed by atoms with Crippen molar-refractivity contribution in [3.05, 3.63) is 0 Å². The van der Waals surface area contributed by atoms with E-state index in [-0.39, 0.29) is 18.4 Å². The van der Waals surface area contributed by atoms with Crippen LogP contribution in [0.4, 0.5) is 0 Å². The minimum Gasteiger partial charge on any atom is -0.384 e. The van der Waals surface area contributed by atoms with Crippen LogP contribution < -0.4 is 10.5 Å². The molecule has 1 rings (SSSR count). The van der Waals surface area contributed by atoms with E-state index in [0.717, 1.165) is 12.8 Å². The highest BCUT2D eigenvalue weighted by Gasteiger charge is 2.26. The molecule has 0 aliphatic heterocycles. The fraction of sp³-hybridized carbons (Fsp3) is 1.00. The van der Waals surface area contributed by atoms with Crippen LogP contribution in [0.3, 0.4) is 0 Å². The van der Waals surface area contributed by atoms with E-state index in [1.165, 1.54) is 7.11 Å². The van der Waals surface area contributed by atoms with Gasteiger partial charge in [-0.05, 0) is 18.8 Å². The topological polar surface area (TPSA) is 81.4 Å². The van der Waals surface area contributed by atoms with Gasteiger partial charge >= 0.3 is 0 Å². The number of hydrogen-bond acceptors (Lipinski definition) is 4. The molecule has 5 nitrogen and oxygen atoms in total. The zero-order chi connectivity index (χ0) is 10.6. The summed E-state index contributed by atoms with van der Waals surface area (Å²) in [6.45, 7) is 0.749. The Kier molecular flexibility index (Phi) is 4.31. The molecule has 0 saturated heterocycles. The molecule has 0 unspecified atom stereocenters. The number of nitrogens with two attached hydrogens (primary N) is 1. The minimum atomic E-state index is -3.15. The summed E-state index contributed by atoms with van der Waals surface area (Å²) in [5.74, 6) is 0.449.